The van der Waals surface area contributed by atoms with E-state index >= 15 is 0 Å². The van der Waals surface area contributed by atoms with Gasteiger partial charge in [-0.25, -0.2) is 0 Å². The number of nitrogens with one attached hydrogen (secondary N) is 2. The van der Waals surface area contributed by atoms with Crippen LogP contribution in [0.2, 0.25) is 0 Å². The highest BCUT2D eigenvalue weighted by Crippen LogP contribution is 2.23. The number of aromatic nitrogens is 1. The predicted octanol–water partition coefficient (Wildman–Crippen LogP) is 4.01. The second-order valence-corrected chi connectivity index (χ2v) is 7.37. The standard InChI is InChI=1S/C23H23N3O4/c1-14-20(15(2)30-26-14)13-29-21-6-4-3-5-19(21)23(28)25-17-9-7-16(8-10-17)22(27)24-18-11-12-18/h3-10,18H,11-13H2,1-2H3,(H,24,27)(H,25,28). The fraction of sp³-hybridized carbons (Fsp3) is 0.261. The summed E-state index contributed by atoms with van der Waals surface area (Å²) in [6, 6.07) is 14.2. The molecule has 2 amide bonds. The van der Waals surface area contributed by atoms with Crippen LogP contribution in [0.4, 0.5) is 5.69 Å². The number of aryl methyl sites for hydroxylation is 2. The molecule has 1 aliphatic rings. The number of hydrogen-bond acceptors (Lipinski definition) is 5. The van der Waals surface area contributed by atoms with Gasteiger partial charge in [0.2, 0.25) is 0 Å². The molecule has 0 spiro atoms. The number of carbonyl (C=O) groups is 2. The number of hydrogen-bond donors (Lipinski definition) is 2. The van der Waals surface area contributed by atoms with Crippen LogP contribution in [-0.2, 0) is 6.61 Å². The first-order valence-corrected chi connectivity index (χ1v) is 9.87. The van der Waals surface area contributed by atoms with Crippen molar-refractivity contribution in [3.63, 3.8) is 0 Å². The summed E-state index contributed by atoms with van der Waals surface area (Å²) in [4.78, 5) is 24.9. The van der Waals surface area contributed by atoms with Crippen molar-refractivity contribution < 1.29 is 18.8 Å². The largest absolute Gasteiger partial charge is 0.488 e. The van der Waals surface area contributed by atoms with E-state index in [1.807, 2.05) is 19.9 Å². The normalized spacial score (nSPS) is 13.0. The van der Waals surface area contributed by atoms with Gasteiger partial charge in [-0.1, -0.05) is 17.3 Å². The van der Waals surface area contributed by atoms with Crippen molar-refractivity contribution in [3.05, 3.63) is 76.7 Å². The Kier molecular flexibility index (Phi) is 5.52. The van der Waals surface area contributed by atoms with Crippen LogP contribution >= 0.6 is 0 Å². The van der Waals surface area contributed by atoms with Gasteiger partial charge in [0.05, 0.1) is 16.8 Å². The maximum atomic E-state index is 12.8. The average Bonchev–Trinajstić information content (AvgIpc) is 3.51. The van der Waals surface area contributed by atoms with E-state index in [1.54, 1.807) is 42.5 Å². The number of anilines is 1. The van der Waals surface area contributed by atoms with Crippen molar-refractivity contribution in [2.24, 2.45) is 0 Å². The lowest BCUT2D eigenvalue weighted by atomic mass is 10.1. The van der Waals surface area contributed by atoms with Gasteiger partial charge in [0.15, 0.2) is 0 Å². The molecule has 0 aliphatic heterocycles. The van der Waals surface area contributed by atoms with Crippen LogP contribution in [0, 0.1) is 13.8 Å². The third kappa shape index (κ3) is 4.51. The molecule has 30 heavy (non-hydrogen) atoms. The fourth-order valence-electron chi connectivity index (χ4n) is 3.04. The zero-order valence-corrected chi connectivity index (χ0v) is 16.9. The maximum absolute atomic E-state index is 12.8. The molecule has 0 bridgehead atoms. The fourth-order valence-corrected chi connectivity index (χ4v) is 3.04. The highest BCUT2D eigenvalue weighted by atomic mass is 16.5. The first kappa shape index (κ1) is 19.7. The molecule has 7 heteroatoms. The topological polar surface area (TPSA) is 93.5 Å². The molecule has 3 aromatic rings. The smallest absolute Gasteiger partial charge is 0.259 e. The average molecular weight is 405 g/mol. The van der Waals surface area contributed by atoms with E-state index in [9.17, 15) is 9.59 Å². The summed E-state index contributed by atoms with van der Waals surface area (Å²) in [6.07, 6.45) is 2.08. The minimum absolute atomic E-state index is 0.0894. The van der Waals surface area contributed by atoms with Crippen molar-refractivity contribution in [2.45, 2.75) is 39.3 Å². The van der Waals surface area contributed by atoms with Gasteiger partial charge in [-0.15, -0.1) is 0 Å². The number of ether oxygens (including phenoxy) is 1. The Labute approximate surface area is 174 Å². The number of nitrogens with zero attached hydrogens (tertiary/aromatic N) is 1. The number of para-hydroxylation sites is 1. The van der Waals surface area contributed by atoms with Crippen molar-refractivity contribution in [2.75, 3.05) is 5.32 Å². The molecule has 2 N–H and O–H groups in total. The molecule has 0 saturated heterocycles. The third-order valence-electron chi connectivity index (χ3n) is 5.00. The minimum Gasteiger partial charge on any atom is -0.488 e. The Bertz CT molecular complexity index is 1050. The van der Waals surface area contributed by atoms with E-state index in [4.69, 9.17) is 9.26 Å². The molecule has 7 nitrogen and oxygen atoms in total. The minimum atomic E-state index is -0.292. The number of rotatable bonds is 7. The number of carbonyl (C=O) groups excluding carboxylic acids is 2. The second-order valence-electron chi connectivity index (χ2n) is 7.37. The molecule has 2 aromatic carbocycles. The number of benzene rings is 2. The van der Waals surface area contributed by atoms with Gasteiger partial charge in [-0.2, -0.15) is 0 Å². The molecular weight excluding hydrogens is 382 g/mol. The summed E-state index contributed by atoms with van der Waals surface area (Å²) >= 11 is 0. The first-order chi connectivity index (χ1) is 14.5. The molecule has 0 unspecified atom stereocenters. The van der Waals surface area contributed by atoms with Gasteiger partial charge >= 0.3 is 0 Å². The lowest BCUT2D eigenvalue weighted by Gasteiger charge is -2.12. The molecule has 1 heterocycles. The lowest BCUT2D eigenvalue weighted by Crippen LogP contribution is -2.25. The van der Waals surface area contributed by atoms with Gasteiger partial charge in [0.25, 0.3) is 11.8 Å². The highest BCUT2D eigenvalue weighted by molar-refractivity contribution is 6.06. The molecular formula is C23H23N3O4. The first-order valence-electron chi connectivity index (χ1n) is 9.87. The summed E-state index contributed by atoms with van der Waals surface area (Å²) in [5.74, 6) is 0.781. The van der Waals surface area contributed by atoms with E-state index in [1.165, 1.54) is 0 Å². The zero-order chi connectivity index (χ0) is 21.1. The van der Waals surface area contributed by atoms with E-state index in [-0.39, 0.29) is 18.4 Å². The molecule has 0 radical (unpaired) electrons. The van der Waals surface area contributed by atoms with Crippen molar-refractivity contribution in [1.29, 1.82) is 0 Å². The lowest BCUT2D eigenvalue weighted by molar-refractivity contribution is 0.0950. The van der Waals surface area contributed by atoms with Crippen LogP contribution in [0.25, 0.3) is 0 Å². The van der Waals surface area contributed by atoms with Crippen LogP contribution < -0.4 is 15.4 Å². The van der Waals surface area contributed by atoms with Crippen LogP contribution in [0.3, 0.4) is 0 Å². The molecule has 1 fully saturated rings. The molecule has 4 rings (SSSR count). The van der Waals surface area contributed by atoms with Crippen LogP contribution in [0.5, 0.6) is 5.75 Å². The number of amides is 2. The Balaban J connectivity index is 1.42. The van der Waals surface area contributed by atoms with Gasteiger partial charge in [0.1, 0.15) is 18.1 Å². The maximum Gasteiger partial charge on any atom is 0.259 e. The van der Waals surface area contributed by atoms with Crippen molar-refractivity contribution in [3.8, 4) is 5.75 Å². The molecule has 154 valence electrons. The van der Waals surface area contributed by atoms with Gasteiger partial charge in [-0.3, -0.25) is 9.59 Å². The van der Waals surface area contributed by atoms with Crippen molar-refractivity contribution in [1.82, 2.24) is 10.5 Å². The molecule has 1 saturated carbocycles. The van der Waals surface area contributed by atoms with Gasteiger partial charge in [-0.05, 0) is 63.1 Å². The van der Waals surface area contributed by atoms with Gasteiger partial charge < -0.3 is 19.9 Å². The Morgan fingerprint density at radius 3 is 2.47 bits per heavy atom. The highest BCUT2D eigenvalue weighted by Gasteiger charge is 2.23. The Morgan fingerprint density at radius 2 is 1.80 bits per heavy atom. The summed E-state index contributed by atoms with van der Waals surface area (Å²) in [5, 5.41) is 9.71. The summed E-state index contributed by atoms with van der Waals surface area (Å²) in [6.45, 7) is 3.94. The molecule has 1 aromatic heterocycles. The predicted molar refractivity (Wildman–Crippen MR) is 112 cm³/mol. The summed E-state index contributed by atoms with van der Waals surface area (Å²) < 4.78 is 11.0. The Hall–Kier alpha value is -3.61. The van der Waals surface area contributed by atoms with Crippen LogP contribution in [0.15, 0.2) is 53.1 Å². The monoisotopic (exact) mass is 405 g/mol. The zero-order valence-electron chi connectivity index (χ0n) is 16.9. The van der Waals surface area contributed by atoms with E-state index in [2.05, 4.69) is 15.8 Å². The van der Waals surface area contributed by atoms with E-state index in [0.717, 1.165) is 24.1 Å². The third-order valence-corrected chi connectivity index (χ3v) is 5.00. The molecule has 1 aliphatic carbocycles. The summed E-state index contributed by atoms with van der Waals surface area (Å²) in [5.41, 5.74) is 3.22. The Morgan fingerprint density at radius 1 is 1.07 bits per heavy atom. The van der Waals surface area contributed by atoms with E-state index < -0.39 is 0 Å². The quantitative estimate of drug-likeness (QED) is 0.619. The van der Waals surface area contributed by atoms with Crippen LogP contribution in [0.1, 0.15) is 50.6 Å². The van der Waals surface area contributed by atoms with Crippen LogP contribution in [-0.4, -0.2) is 23.0 Å². The molecule has 0 atom stereocenters. The second kappa shape index (κ2) is 8.41. The van der Waals surface area contributed by atoms with Gasteiger partial charge in [0, 0.05) is 17.3 Å². The SMILES string of the molecule is Cc1noc(C)c1COc1ccccc1C(=O)Nc1ccc(C(=O)NC2CC2)cc1. The van der Waals surface area contributed by atoms with E-state index in [0.29, 0.717) is 34.4 Å². The summed E-state index contributed by atoms with van der Waals surface area (Å²) in [7, 11) is 0. The van der Waals surface area contributed by atoms with Crippen molar-refractivity contribution >= 4 is 17.5 Å².